The van der Waals surface area contributed by atoms with Crippen LogP contribution in [0.2, 0.25) is 0 Å². The van der Waals surface area contributed by atoms with E-state index in [0.29, 0.717) is 6.42 Å². The molecule has 18 heavy (non-hydrogen) atoms. The van der Waals surface area contributed by atoms with E-state index in [0.717, 1.165) is 19.3 Å². The number of aryl methyl sites for hydroxylation is 1. The smallest absolute Gasteiger partial charge is 0.146 e. The molecule has 1 aromatic rings. The Balaban J connectivity index is 1.87. The Morgan fingerprint density at radius 1 is 1.33 bits per heavy atom. The van der Waals surface area contributed by atoms with Gasteiger partial charge in [-0.3, -0.25) is 0 Å². The molecule has 0 amide bonds. The van der Waals surface area contributed by atoms with Crippen LogP contribution in [0.5, 0.6) is 0 Å². The highest BCUT2D eigenvalue weighted by molar-refractivity contribution is 5.14. The van der Waals surface area contributed by atoms with Crippen molar-refractivity contribution in [3.8, 4) is 6.07 Å². The molecule has 1 aromatic carbocycles. The van der Waals surface area contributed by atoms with E-state index in [-0.39, 0.29) is 18.3 Å². The van der Waals surface area contributed by atoms with Gasteiger partial charge in [-0.1, -0.05) is 30.3 Å². The fourth-order valence-corrected chi connectivity index (χ4v) is 2.41. The first-order valence-electron chi connectivity index (χ1n) is 6.43. The Morgan fingerprint density at radius 3 is 2.78 bits per heavy atom. The first-order valence-corrected chi connectivity index (χ1v) is 6.43. The van der Waals surface area contributed by atoms with E-state index < -0.39 is 0 Å². The Hall–Kier alpha value is -1.37. The van der Waals surface area contributed by atoms with Crippen molar-refractivity contribution in [3.63, 3.8) is 0 Å². The van der Waals surface area contributed by atoms with Crippen LogP contribution >= 0.6 is 0 Å². The van der Waals surface area contributed by atoms with Crippen molar-refractivity contribution in [3.05, 3.63) is 35.9 Å². The fourth-order valence-electron chi connectivity index (χ4n) is 2.41. The molecule has 0 saturated carbocycles. The fraction of sp³-hybridized carbons (Fsp3) is 0.533. The van der Waals surface area contributed by atoms with Gasteiger partial charge in [0.2, 0.25) is 0 Å². The summed E-state index contributed by atoms with van der Waals surface area (Å²) in [5.74, 6) is 0. The molecule has 1 saturated heterocycles. The van der Waals surface area contributed by atoms with E-state index in [1.807, 2.05) is 18.2 Å². The second-order valence-electron chi connectivity index (χ2n) is 4.73. The Morgan fingerprint density at radius 2 is 2.11 bits per heavy atom. The molecule has 0 spiro atoms. The van der Waals surface area contributed by atoms with Gasteiger partial charge < -0.3 is 9.47 Å². The molecule has 1 aliphatic heterocycles. The quantitative estimate of drug-likeness (QED) is 0.819. The number of nitrogens with zero attached hydrogens (tertiary/aromatic N) is 1. The highest BCUT2D eigenvalue weighted by Crippen LogP contribution is 2.24. The summed E-state index contributed by atoms with van der Waals surface area (Å²) in [6.07, 6.45) is 3.49. The third-order valence-electron chi connectivity index (χ3n) is 3.43. The average molecular weight is 245 g/mol. The van der Waals surface area contributed by atoms with Gasteiger partial charge in [-0.2, -0.15) is 5.26 Å². The molecule has 96 valence electrons. The number of benzene rings is 1. The van der Waals surface area contributed by atoms with Crippen LogP contribution in [0.4, 0.5) is 0 Å². The number of hydrogen-bond acceptors (Lipinski definition) is 3. The summed E-state index contributed by atoms with van der Waals surface area (Å²) in [5.41, 5.74) is 1.31. The zero-order chi connectivity index (χ0) is 12.8. The lowest BCUT2D eigenvalue weighted by Crippen LogP contribution is -2.36. The van der Waals surface area contributed by atoms with Crippen LogP contribution in [-0.2, 0) is 15.9 Å². The van der Waals surface area contributed by atoms with Gasteiger partial charge in [-0.15, -0.1) is 0 Å². The monoisotopic (exact) mass is 245 g/mol. The van der Waals surface area contributed by atoms with Gasteiger partial charge in [0.1, 0.15) is 6.10 Å². The molecule has 0 radical (unpaired) electrons. The maximum absolute atomic E-state index is 8.98. The second-order valence-corrected chi connectivity index (χ2v) is 4.73. The Kier molecular flexibility index (Phi) is 4.74. The summed E-state index contributed by atoms with van der Waals surface area (Å²) < 4.78 is 11.1. The molecule has 3 nitrogen and oxygen atoms in total. The molecule has 0 unspecified atom stereocenters. The number of ether oxygens (including phenoxy) is 2. The van der Waals surface area contributed by atoms with Crippen molar-refractivity contribution in [1.29, 1.82) is 5.26 Å². The molecule has 1 fully saturated rings. The Labute approximate surface area is 108 Å². The van der Waals surface area contributed by atoms with Crippen LogP contribution in [0.1, 0.15) is 24.8 Å². The lowest BCUT2D eigenvalue weighted by atomic mass is 9.97. The van der Waals surface area contributed by atoms with E-state index >= 15 is 0 Å². The molecule has 0 bridgehead atoms. The second kappa shape index (κ2) is 6.53. The average Bonchev–Trinajstić information content (AvgIpc) is 2.45. The van der Waals surface area contributed by atoms with E-state index in [2.05, 4.69) is 18.2 Å². The van der Waals surface area contributed by atoms with Gasteiger partial charge in [0.25, 0.3) is 0 Å². The van der Waals surface area contributed by atoms with Crippen LogP contribution in [-0.4, -0.2) is 25.4 Å². The summed E-state index contributed by atoms with van der Waals surface area (Å²) in [6, 6.07) is 12.6. The van der Waals surface area contributed by atoms with Gasteiger partial charge >= 0.3 is 0 Å². The maximum Gasteiger partial charge on any atom is 0.146 e. The highest BCUT2D eigenvalue weighted by Gasteiger charge is 2.29. The van der Waals surface area contributed by atoms with Crippen LogP contribution in [0.25, 0.3) is 0 Å². The van der Waals surface area contributed by atoms with E-state index in [1.165, 1.54) is 5.56 Å². The SMILES string of the molecule is CO[C@@H]1C[C@@H](CCc2ccccc2)O[C@@H](C#N)C1. The molecule has 0 N–H and O–H groups in total. The molecular formula is C15H19NO2. The normalized spacial score (nSPS) is 27.7. The Bertz CT molecular complexity index is 399. The van der Waals surface area contributed by atoms with E-state index in [9.17, 15) is 0 Å². The van der Waals surface area contributed by atoms with E-state index in [1.54, 1.807) is 7.11 Å². The number of rotatable bonds is 4. The molecule has 3 heteroatoms. The van der Waals surface area contributed by atoms with Crippen molar-refractivity contribution < 1.29 is 9.47 Å². The standard InChI is InChI=1S/C15H19NO2/c1-17-14-9-13(18-15(10-14)11-16)8-7-12-5-3-2-4-6-12/h2-6,13-15H,7-10H2,1H3/t13-,14-,15-/m1/s1. The topological polar surface area (TPSA) is 42.2 Å². The van der Waals surface area contributed by atoms with Crippen molar-refractivity contribution in [2.75, 3.05) is 7.11 Å². The zero-order valence-corrected chi connectivity index (χ0v) is 10.7. The third kappa shape index (κ3) is 3.56. The van der Waals surface area contributed by atoms with Crippen molar-refractivity contribution in [2.24, 2.45) is 0 Å². The summed E-state index contributed by atoms with van der Waals surface area (Å²) in [7, 11) is 1.71. The largest absolute Gasteiger partial charge is 0.381 e. The number of methoxy groups -OCH3 is 1. The predicted molar refractivity (Wildman–Crippen MR) is 69.1 cm³/mol. The minimum absolute atomic E-state index is 0.133. The molecule has 0 aromatic heterocycles. The lowest BCUT2D eigenvalue weighted by Gasteiger charge is -2.31. The lowest BCUT2D eigenvalue weighted by molar-refractivity contribution is -0.0869. The van der Waals surface area contributed by atoms with Gasteiger partial charge in [0.05, 0.1) is 18.3 Å². The van der Waals surface area contributed by atoms with Crippen molar-refractivity contribution in [1.82, 2.24) is 0 Å². The van der Waals surface area contributed by atoms with E-state index in [4.69, 9.17) is 14.7 Å². The van der Waals surface area contributed by atoms with Crippen LogP contribution < -0.4 is 0 Å². The van der Waals surface area contributed by atoms with Gasteiger partial charge in [-0.25, -0.2) is 0 Å². The summed E-state index contributed by atoms with van der Waals surface area (Å²) in [5, 5.41) is 8.98. The first kappa shape index (κ1) is 13.1. The zero-order valence-electron chi connectivity index (χ0n) is 10.7. The van der Waals surface area contributed by atoms with Crippen molar-refractivity contribution >= 4 is 0 Å². The molecule has 1 aliphatic rings. The van der Waals surface area contributed by atoms with Crippen molar-refractivity contribution in [2.45, 2.75) is 44.0 Å². The molecule has 3 atom stereocenters. The molecule has 1 heterocycles. The summed E-state index contributed by atoms with van der Waals surface area (Å²) >= 11 is 0. The summed E-state index contributed by atoms with van der Waals surface area (Å²) in [4.78, 5) is 0. The predicted octanol–water partition coefficient (Wildman–Crippen LogP) is 2.71. The third-order valence-corrected chi connectivity index (χ3v) is 3.43. The number of hydrogen-bond donors (Lipinski definition) is 0. The van der Waals surface area contributed by atoms with Crippen LogP contribution in [0, 0.1) is 11.3 Å². The van der Waals surface area contributed by atoms with Crippen LogP contribution in [0.3, 0.4) is 0 Å². The minimum Gasteiger partial charge on any atom is -0.381 e. The minimum atomic E-state index is -0.315. The summed E-state index contributed by atoms with van der Waals surface area (Å²) in [6.45, 7) is 0. The first-order chi connectivity index (χ1) is 8.81. The van der Waals surface area contributed by atoms with Gasteiger partial charge in [-0.05, 0) is 24.8 Å². The number of nitriles is 1. The molecular weight excluding hydrogens is 226 g/mol. The molecule has 0 aliphatic carbocycles. The maximum atomic E-state index is 8.98. The molecule has 2 rings (SSSR count). The van der Waals surface area contributed by atoms with Gasteiger partial charge in [0.15, 0.2) is 0 Å². The highest BCUT2D eigenvalue weighted by atomic mass is 16.5. The van der Waals surface area contributed by atoms with Gasteiger partial charge in [0, 0.05) is 13.5 Å². The van der Waals surface area contributed by atoms with Crippen LogP contribution in [0.15, 0.2) is 30.3 Å².